The second-order valence-electron chi connectivity index (χ2n) is 5.14. The first-order chi connectivity index (χ1) is 8.12. The summed E-state index contributed by atoms with van der Waals surface area (Å²) in [6.45, 7) is 7.41. The zero-order valence-electron chi connectivity index (χ0n) is 11.0. The molecule has 0 saturated heterocycles. The standard InChI is InChI=1S/C14H22N2O/c1-14(2,17-3)8-10-16-11-9-15-12-6-4-5-7-13(12)16/h4-7,15H,8-11H2,1-3H3. The quantitative estimate of drug-likeness (QED) is 0.867. The van der Waals surface area contributed by atoms with Crippen LogP contribution in [-0.2, 0) is 4.74 Å². The topological polar surface area (TPSA) is 24.5 Å². The van der Waals surface area contributed by atoms with Crippen molar-refractivity contribution in [3.63, 3.8) is 0 Å². The van der Waals surface area contributed by atoms with Gasteiger partial charge >= 0.3 is 0 Å². The van der Waals surface area contributed by atoms with Crippen molar-refractivity contribution in [3.8, 4) is 0 Å². The van der Waals surface area contributed by atoms with Crippen LogP contribution in [-0.4, -0.2) is 32.3 Å². The van der Waals surface area contributed by atoms with Gasteiger partial charge in [0.25, 0.3) is 0 Å². The van der Waals surface area contributed by atoms with Crippen LogP contribution in [0.15, 0.2) is 24.3 Å². The number of nitrogens with zero attached hydrogens (tertiary/aromatic N) is 1. The highest BCUT2D eigenvalue weighted by Crippen LogP contribution is 2.29. The highest BCUT2D eigenvalue weighted by Gasteiger charge is 2.21. The molecule has 0 spiro atoms. The van der Waals surface area contributed by atoms with E-state index in [0.29, 0.717) is 0 Å². The van der Waals surface area contributed by atoms with Crippen LogP contribution in [0.5, 0.6) is 0 Å². The average Bonchev–Trinajstić information content (AvgIpc) is 2.36. The molecule has 0 radical (unpaired) electrons. The first-order valence-corrected chi connectivity index (χ1v) is 6.25. The number of fused-ring (bicyclic) bond motifs is 1. The molecular weight excluding hydrogens is 212 g/mol. The summed E-state index contributed by atoms with van der Waals surface area (Å²) < 4.78 is 5.47. The summed E-state index contributed by atoms with van der Waals surface area (Å²) in [6, 6.07) is 8.50. The number of methoxy groups -OCH3 is 1. The normalized spacial score (nSPS) is 15.4. The Bertz CT molecular complexity index is 376. The molecule has 1 N–H and O–H groups in total. The minimum atomic E-state index is -0.0418. The molecule has 1 aromatic carbocycles. The lowest BCUT2D eigenvalue weighted by Gasteiger charge is -2.34. The molecule has 1 heterocycles. The molecule has 1 aliphatic rings. The van der Waals surface area contributed by atoms with Crippen molar-refractivity contribution in [1.29, 1.82) is 0 Å². The van der Waals surface area contributed by atoms with Crippen molar-refractivity contribution in [2.24, 2.45) is 0 Å². The predicted molar refractivity (Wildman–Crippen MR) is 72.8 cm³/mol. The largest absolute Gasteiger partial charge is 0.382 e. The Labute approximate surface area is 104 Å². The summed E-state index contributed by atoms with van der Waals surface area (Å²) in [6.07, 6.45) is 1.04. The molecule has 17 heavy (non-hydrogen) atoms. The minimum absolute atomic E-state index is 0.0418. The van der Waals surface area contributed by atoms with E-state index in [-0.39, 0.29) is 5.60 Å². The number of para-hydroxylation sites is 2. The number of benzene rings is 1. The molecule has 3 nitrogen and oxygen atoms in total. The molecule has 3 heteroatoms. The van der Waals surface area contributed by atoms with E-state index in [1.807, 2.05) is 0 Å². The van der Waals surface area contributed by atoms with Gasteiger partial charge in [-0.2, -0.15) is 0 Å². The van der Waals surface area contributed by atoms with Gasteiger partial charge in [-0.1, -0.05) is 12.1 Å². The minimum Gasteiger partial charge on any atom is -0.382 e. The molecule has 0 bridgehead atoms. The highest BCUT2D eigenvalue weighted by molar-refractivity contribution is 5.71. The van der Waals surface area contributed by atoms with Crippen LogP contribution in [0.4, 0.5) is 11.4 Å². The Morgan fingerprint density at radius 3 is 2.88 bits per heavy atom. The lowest BCUT2D eigenvalue weighted by atomic mass is 10.0. The number of anilines is 2. The van der Waals surface area contributed by atoms with Crippen molar-refractivity contribution in [3.05, 3.63) is 24.3 Å². The van der Waals surface area contributed by atoms with E-state index in [1.165, 1.54) is 11.4 Å². The molecule has 0 atom stereocenters. The van der Waals surface area contributed by atoms with Crippen molar-refractivity contribution < 1.29 is 4.74 Å². The van der Waals surface area contributed by atoms with Crippen LogP contribution < -0.4 is 10.2 Å². The molecule has 1 aliphatic heterocycles. The number of nitrogens with one attached hydrogen (secondary N) is 1. The van der Waals surface area contributed by atoms with Gasteiger partial charge in [0.1, 0.15) is 0 Å². The first kappa shape index (κ1) is 12.2. The maximum absolute atomic E-state index is 5.47. The number of rotatable bonds is 4. The maximum Gasteiger partial charge on any atom is 0.0639 e. The van der Waals surface area contributed by atoms with E-state index >= 15 is 0 Å². The molecule has 0 saturated carbocycles. The van der Waals surface area contributed by atoms with Gasteiger partial charge in [0.05, 0.1) is 17.0 Å². The maximum atomic E-state index is 5.47. The van der Waals surface area contributed by atoms with Crippen molar-refractivity contribution >= 4 is 11.4 Å². The highest BCUT2D eigenvalue weighted by atomic mass is 16.5. The smallest absolute Gasteiger partial charge is 0.0639 e. The van der Waals surface area contributed by atoms with E-state index in [9.17, 15) is 0 Å². The Morgan fingerprint density at radius 2 is 2.12 bits per heavy atom. The van der Waals surface area contributed by atoms with Crippen molar-refractivity contribution in [2.45, 2.75) is 25.9 Å². The van der Waals surface area contributed by atoms with Crippen LogP contribution >= 0.6 is 0 Å². The summed E-state index contributed by atoms with van der Waals surface area (Å²) in [7, 11) is 1.78. The Kier molecular flexibility index (Phi) is 3.57. The van der Waals surface area contributed by atoms with E-state index in [4.69, 9.17) is 4.74 Å². The second kappa shape index (κ2) is 4.96. The molecule has 0 amide bonds. The Morgan fingerprint density at radius 1 is 1.35 bits per heavy atom. The van der Waals surface area contributed by atoms with Crippen molar-refractivity contribution in [2.75, 3.05) is 37.0 Å². The molecule has 0 aromatic heterocycles. The van der Waals surface area contributed by atoms with Crippen LogP contribution in [0.1, 0.15) is 20.3 Å². The molecule has 1 aromatic rings. The van der Waals surface area contributed by atoms with Gasteiger partial charge in [-0.05, 0) is 32.4 Å². The second-order valence-corrected chi connectivity index (χ2v) is 5.14. The number of hydrogen-bond donors (Lipinski definition) is 1. The molecular formula is C14H22N2O. The zero-order valence-corrected chi connectivity index (χ0v) is 11.0. The summed E-state index contributed by atoms with van der Waals surface area (Å²) >= 11 is 0. The summed E-state index contributed by atoms with van der Waals surface area (Å²) in [5.74, 6) is 0. The predicted octanol–water partition coefficient (Wildman–Crippen LogP) is 2.73. The fraction of sp³-hybridized carbons (Fsp3) is 0.571. The van der Waals surface area contributed by atoms with E-state index in [0.717, 1.165) is 26.1 Å². The molecule has 2 rings (SSSR count). The molecule has 0 fully saturated rings. The van der Waals surface area contributed by atoms with Gasteiger partial charge < -0.3 is 15.0 Å². The van der Waals surface area contributed by atoms with Crippen LogP contribution in [0.3, 0.4) is 0 Å². The SMILES string of the molecule is COC(C)(C)CCN1CCNc2ccccc21. The van der Waals surface area contributed by atoms with Gasteiger partial charge in [-0.15, -0.1) is 0 Å². The van der Waals surface area contributed by atoms with Gasteiger partial charge in [0, 0.05) is 26.7 Å². The van der Waals surface area contributed by atoms with Crippen LogP contribution in [0, 0.1) is 0 Å². The Hall–Kier alpha value is -1.22. The van der Waals surface area contributed by atoms with Crippen LogP contribution in [0.2, 0.25) is 0 Å². The summed E-state index contributed by atoms with van der Waals surface area (Å²) in [5.41, 5.74) is 2.51. The third kappa shape index (κ3) is 2.91. The molecule has 94 valence electrons. The molecule has 0 aliphatic carbocycles. The zero-order chi connectivity index (χ0) is 12.3. The third-order valence-electron chi connectivity index (χ3n) is 3.48. The third-order valence-corrected chi connectivity index (χ3v) is 3.48. The van der Waals surface area contributed by atoms with Crippen LogP contribution in [0.25, 0.3) is 0 Å². The lowest BCUT2D eigenvalue weighted by Crippen LogP contribution is -2.38. The fourth-order valence-electron chi connectivity index (χ4n) is 2.08. The van der Waals surface area contributed by atoms with E-state index in [2.05, 4.69) is 48.3 Å². The summed E-state index contributed by atoms with van der Waals surface area (Å²) in [4.78, 5) is 2.44. The first-order valence-electron chi connectivity index (χ1n) is 6.25. The number of hydrogen-bond acceptors (Lipinski definition) is 3. The van der Waals surface area contributed by atoms with Gasteiger partial charge in [0.2, 0.25) is 0 Å². The van der Waals surface area contributed by atoms with Crippen molar-refractivity contribution in [1.82, 2.24) is 0 Å². The fourth-order valence-corrected chi connectivity index (χ4v) is 2.08. The summed E-state index contributed by atoms with van der Waals surface area (Å²) in [5, 5.41) is 3.43. The number of ether oxygens (including phenoxy) is 1. The lowest BCUT2D eigenvalue weighted by molar-refractivity contribution is 0.0172. The Balaban J connectivity index is 2.04. The molecule has 0 unspecified atom stereocenters. The van der Waals surface area contributed by atoms with Gasteiger partial charge in [0.15, 0.2) is 0 Å². The van der Waals surface area contributed by atoms with E-state index in [1.54, 1.807) is 7.11 Å². The van der Waals surface area contributed by atoms with Gasteiger partial charge in [-0.25, -0.2) is 0 Å². The van der Waals surface area contributed by atoms with E-state index < -0.39 is 0 Å². The van der Waals surface area contributed by atoms with Gasteiger partial charge in [-0.3, -0.25) is 0 Å². The monoisotopic (exact) mass is 234 g/mol. The average molecular weight is 234 g/mol.